The molecule has 3 amide bonds. The topological polar surface area (TPSA) is 134 Å². The molecule has 2 aromatic carbocycles. The van der Waals surface area contributed by atoms with Crippen LogP contribution in [-0.2, 0) is 31.3 Å². The van der Waals surface area contributed by atoms with E-state index in [1.54, 1.807) is 36.4 Å². The molecular weight excluding hydrogens is 478 g/mol. The molecule has 0 saturated carbocycles. The summed E-state index contributed by atoms with van der Waals surface area (Å²) in [6.45, 7) is 0.0914. The smallest absolute Gasteiger partial charge is 0.303 e. The van der Waals surface area contributed by atoms with Gasteiger partial charge in [0.1, 0.15) is 5.54 Å². The number of carboxylic acids is 1. The minimum Gasteiger partial charge on any atom is -0.481 e. The molecule has 180 valence electrons. The molecule has 2 saturated heterocycles. The second kappa shape index (κ2) is 7.69. The second-order valence-electron chi connectivity index (χ2n) is 9.09. The summed E-state index contributed by atoms with van der Waals surface area (Å²) in [5.41, 5.74) is 0.122. The van der Waals surface area contributed by atoms with Crippen LogP contribution >= 0.6 is 11.6 Å². The summed E-state index contributed by atoms with van der Waals surface area (Å²) in [4.78, 5) is 53.3. The van der Waals surface area contributed by atoms with Gasteiger partial charge in [-0.25, -0.2) is 0 Å². The summed E-state index contributed by atoms with van der Waals surface area (Å²) in [5, 5.41) is 15.6. The first-order valence-corrected chi connectivity index (χ1v) is 11.5. The Labute approximate surface area is 204 Å². The number of amides is 3. The Kier molecular flexibility index (Phi) is 4.81. The average Bonchev–Trinajstić information content (AvgIpc) is 3.55. The molecule has 11 heteroatoms. The van der Waals surface area contributed by atoms with E-state index in [2.05, 4.69) is 10.6 Å². The normalized spacial score (nSPS) is 28.0. The van der Waals surface area contributed by atoms with Crippen LogP contribution < -0.4 is 20.1 Å². The number of fused-ring (bicyclic) bond motifs is 5. The van der Waals surface area contributed by atoms with Crippen LogP contribution in [0.1, 0.15) is 24.0 Å². The van der Waals surface area contributed by atoms with E-state index in [-0.39, 0.29) is 26.2 Å². The standard InChI is InChI=1S/C24H20ClN3O7/c25-12-2-3-14-13(8-12)24(23(33)26-14)20-19(15(27-24)4-6-18(29)30)21(31)28(22(20)32)9-11-1-5-16-17(7-11)35-10-34-16/h1-3,5,7-8,15,19-20,27H,4,6,9-10H2,(H,26,33)(H,29,30)/t15-,19+,20+,24+/m1/s1. The summed E-state index contributed by atoms with van der Waals surface area (Å²) in [5.74, 6) is -3.26. The fourth-order valence-electron chi connectivity index (χ4n) is 5.74. The maximum Gasteiger partial charge on any atom is 0.303 e. The predicted molar refractivity (Wildman–Crippen MR) is 121 cm³/mol. The molecule has 0 aromatic heterocycles. The molecule has 2 aromatic rings. The van der Waals surface area contributed by atoms with Gasteiger partial charge in [-0.3, -0.25) is 29.4 Å². The molecule has 0 unspecified atom stereocenters. The maximum absolute atomic E-state index is 13.8. The molecule has 4 aliphatic rings. The lowest BCUT2D eigenvalue weighted by molar-refractivity contribution is -0.144. The van der Waals surface area contributed by atoms with Crippen LogP contribution in [0.15, 0.2) is 36.4 Å². The van der Waals surface area contributed by atoms with Gasteiger partial charge in [-0.05, 0) is 42.3 Å². The van der Waals surface area contributed by atoms with Gasteiger partial charge in [0.15, 0.2) is 11.5 Å². The molecule has 6 rings (SSSR count). The van der Waals surface area contributed by atoms with E-state index in [4.69, 9.17) is 21.1 Å². The lowest BCUT2D eigenvalue weighted by atomic mass is 9.76. The minimum absolute atomic E-state index is 0.00689. The average molecular weight is 498 g/mol. The molecule has 0 aliphatic carbocycles. The number of hydrogen-bond acceptors (Lipinski definition) is 7. The van der Waals surface area contributed by atoms with Crippen molar-refractivity contribution in [1.82, 2.24) is 10.2 Å². The number of imide groups is 1. The summed E-state index contributed by atoms with van der Waals surface area (Å²) in [6, 6.07) is 9.37. The van der Waals surface area contributed by atoms with Crippen LogP contribution in [-0.4, -0.2) is 46.5 Å². The molecule has 4 atom stereocenters. The van der Waals surface area contributed by atoms with Crippen molar-refractivity contribution < 1.29 is 33.8 Å². The van der Waals surface area contributed by atoms with E-state index in [0.29, 0.717) is 33.3 Å². The Morgan fingerprint density at radius 2 is 1.91 bits per heavy atom. The van der Waals surface area contributed by atoms with E-state index in [1.807, 2.05) is 0 Å². The second-order valence-corrected chi connectivity index (χ2v) is 9.53. The number of nitrogens with one attached hydrogen (secondary N) is 2. The zero-order valence-corrected chi connectivity index (χ0v) is 19.0. The van der Waals surface area contributed by atoms with Crippen LogP contribution in [0.2, 0.25) is 5.02 Å². The minimum atomic E-state index is -1.52. The molecule has 2 fully saturated rings. The highest BCUT2D eigenvalue weighted by atomic mass is 35.5. The number of halogens is 1. The number of carboxylic acid groups (broad SMARTS) is 1. The molecule has 0 bridgehead atoms. The van der Waals surface area contributed by atoms with Crippen LogP contribution in [0.3, 0.4) is 0 Å². The van der Waals surface area contributed by atoms with Crippen LogP contribution in [0.5, 0.6) is 11.5 Å². The van der Waals surface area contributed by atoms with E-state index in [1.165, 1.54) is 0 Å². The van der Waals surface area contributed by atoms with Crippen LogP contribution in [0, 0.1) is 11.8 Å². The Morgan fingerprint density at radius 3 is 2.71 bits per heavy atom. The highest BCUT2D eigenvalue weighted by Gasteiger charge is 2.70. The number of nitrogens with zero attached hydrogens (tertiary/aromatic N) is 1. The fourth-order valence-corrected chi connectivity index (χ4v) is 5.91. The zero-order chi connectivity index (χ0) is 24.5. The number of carbonyl (C=O) groups excluding carboxylic acids is 3. The first-order valence-electron chi connectivity index (χ1n) is 11.1. The Hall–Kier alpha value is -3.63. The van der Waals surface area contributed by atoms with Gasteiger partial charge >= 0.3 is 5.97 Å². The van der Waals surface area contributed by atoms with Gasteiger partial charge in [-0.1, -0.05) is 17.7 Å². The number of aliphatic carboxylic acids is 1. The summed E-state index contributed by atoms with van der Waals surface area (Å²) in [7, 11) is 0. The molecular formula is C24H20ClN3O7. The summed E-state index contributed by atoms with van der Waals surface area (Å²) < 4.78 is 10.7. The lowest BCUT2D eigenvalue weighted by Crippen LogP contribution is -2.53. The summed E-state index contributed by atoms with van der Waals surface area (Å²) >= 11 is 6.23. The monoisotopic (exact) mass is 497 g/mol. The highest BCUT2D eigenvalue weighted by Crippen LogP contribution is 2.54. The number of ether oxygens (including phenoxy) is 2. The molecule has 10 nitrogen and oxygen atoms in total. The van der Waals surface area contributed by atoms with Crippen molar-refractivity contribution in [1.29, 1.82) is 0 Å². The van der Waals surface area contributed by atoms with Crippen molar-refractivity contribution in [3.8, 4) is 11.5 Å². The van der Waals surface area contributed by atoms with E-state index in [0.717, 1.165) is 4.90 Å². The lowest BCUT2D eigenvalue weighted by Gasteiger charge is -2.29. The van der Waals surface area contributed by atoms with Crippen molar-refractivity contribution in [2.75, 3.05) is 12.1 Å². The Morgan fingerprint density at radius 1 is 1.11 bits per heavy atom. The van der Waals surface area contributed by atoms with Crippen molar-refractivity contribution >= 4 is 41.0 Å². The van der Waals surface area contributed by atoms with Gasteiger partial charge in [0.2, 0.25) is 24.5 Å². The first-order chi connectivity index (χ1) is 16.8. The molecule has 0 radical (unpaired) electrons. The molecule has 1 spiro atoms. The molecule has 4 heterocycles. The number of anilines is 1. The zero-order valence-electron chi connectivity index (χ0n) is 18.2. The Bertz CT molecular complexity index is 1310. The van der Waals surface area contributed by atoms with Crippen molar-refractivity contribution in [3.63, 3.8) is 0 Å². The van der Waals surface area contributed by atoms with Gasteiger partial charge in [-0.15, -0.1) is 0 Å². The van der Waals surface area contributed by atoms with Crippen molar-refractivity contribution in [3.05, 3.63) is 52.5 Å². The first kappa shape index (κ1) is 21.9. The van der Waals surface area contributed by atoms with Crippen LogP contribution in [0.25, 0.3) is 0 Å². The third-order valence-corrected chi connectivity index (χ3v) is 7.45. The number of benzene rings is 2. The predicted octanol–water partition coefficient (Wildman–Crippen LogP) is 1.85. The molecule has 4 aliphatic heterocycles. The van der Waals surface area contributed by atoms with Gasteiger partial charge < -0.3 is 19.9 Å². The summed E-state index contributed by atoms with van der Waals surface area (Å²) in [6.07, 6.45) is -0.136. The van der Waals surface area contributed by atoms with E-state index >= 15 is 0 Å². The van der Waals surface area contributed by atoms with Crippen LogP contribution in [0.4, 0.5) is 5.69 Å². The number of hydrogen-bond donors (Lipinski definition) is 3. The number of likely N-dealkylation sites (tertiary alicyclic amines) is 1. The SMILES string of the molecule is O=C(O)CC[C@H]1N[C@]2(C(=O)Nc3ccc(Cl)cc32)[C@@H]2C(=O)N(Cc3ccc4c(c3)OCO4)C(=O)[C@H]21. The van der Waals surface area contributed by atoms with Gasteiger partial charge in [0, 0.05) is 28.7 Å². The Balaban J connectivity index is 1.40. The fraction of sp³-hybridized carbons (Fsp3) is 0.333. The largest absolute Gasteiger partial charge is 0.481 e. The van der Waals surface area contributed by atoms with E-state index in [9.17, 15) is 24.3 Å². The van der Waals surface area contributed by atoms with Crippen molar-refractivity contribution in [2.45, 2.75) is 31.0 Å². The van der Waals surface area contributed by atoms with Crippen molar-refractivity contribution in [2.24, 2.45) is 11.8 Å². The molecule has 3 N–H and O–H groups in total. The molecule has 35 heavy (non-hydrogen) atoms. The number of rotatable bonds is 5. The van der Waals surface area contributed by atoms with Gasteiger partial charge in [0.05, 0.1) is 18.4 Å². The number of carbonyl (C=O) groups is 4. The van der Waals surface area contributed by atoms with E-state index < -0.39 is 47.1 Å². The highest BCUT2D eigenvalue weighted by molar-refractivity contribution is 6.31. The quantitative estimate of drug-likeness (QED) is 0.533. The maximum atomic E-state index is 13.8. The van der Waals surface area contributed by atoms with Gasteiger partial charge in [-0.2, -0.15) is 0 Å². The van der Waals surface area contributed by atoms with Gasteiger partial charge in [0.25, 0.3) is 0 Å². The third kappa shape index (κ3) is 3.13. The third-order valence-electron chi connectivity index (χ3n) is 7.22.